The number of hydrogen-bond acceptors (Lipinski definition) is 2. The zero-order chi connectivity index (χ0) is 13.8. The van der Waals surface area contributed by atoms with Crippen molar-refractivity contribution >= 4 is 5.91 Å². The Balaban J connectivity index is 2.20. The van der Waals surface area contributed by atoms with Crippen LogP contribution in [0.15, 0.2) is 18.3 Å². The largest absolute Gasteiger partial charge is 0.341 e. The van der Waals surface area contributed by atoms with Gasteiger partial charge in [0.25, 0.3) is 5.91 Å². The van der Waals surface area contributed by atoms with E-state index in [9.17, 15) is 4.79 Å². The van der Waals surface area contributed by atoms with Gasteiger partial charge in [0.05, 0.1) is 0 Å². The Bertz CT molecular complexity index is 419. The summed E-state index contributed by atoms with van der Waals surface area (Å²) in [4.78, 5) is 14.8. The molecule has 0 saturated carbocycles. The number of aromatic nitrogens is 1. The molecule has 2 rings (SSSR count). The molecule has 1 saturated heterocycles. The minimum atomic E-state index is 0.175. The van der Waals surface area contributed by atoms with E-state index in [0.717, 1.165) is 38.2 Å². The second-order valence-corrected chi connectivity index (χ2v) is 5.54. The highest BCUT2D eigenvalue weighted by Gasteiger charge is 2.28. The maximum atomic E-state index is 12.8. The standard InChI is InChI=1S/C15H25N3O/c1-4-9-18(13-7-8-16-11-13)15(19)14-6-5-10-17(14)12(2)3/h5-6,10,12-13,16H,4,7-9,11H2,1-3H3. The fraction of sp³-hybridized carbons (Fsp3) is 0.667. The molecule has 1 N–H and O–H groups in total. The van der Waals surface area contributed by atoms with Crippen molar-refractivity contribution in [1.82, 2.24) is 14.8 Å². The molecule has 1 fully saturated rings. The molecule has 0 aliphatic carbocycles. The molecule has 1 amide bonds. The average Bonchev–Trinajstić information content (AvgIpc) is 3.05. The van der Waals surface area contributed by atoms with Gasteiger partial charge in [0.2, 0.25) is 0 Å². The van der Waals surface area contributed by atoms with Crippen LogP contribution in [0.2, 0.25) is 0 Å². The van der Waals surface area contributed by atoms with Crippen LogP contribution in [0, 0.1) is 0 Å². The van der Waals surface area contributed by atoms with Gasteiger partial charge in [-0.25, -0.2) is 0 Å². The number of rotatable bonds is 5. The Morgan fingerprint density at radius 2 is 2.37 bits per heavy atom. The van der Waals surface area contributed by atoms with E-state index >= 15 is 0 Å². The lowest BCUT2D eigenvalue weighted by atomic mass is 10.2. The first-order chi connectivity index (χ1) is 9.15. The van der Waals surface area contributed by atoms with Gasteiger partial charge in [0.1, 0.15) is 5.69 Å². The Morgan fingerprint density at radius 3 is 2.95 bits per heavy atom. The van der Waals surface area contributed by atoms with E-state index in [1.165, 1.54) is 0 Å². The van der Waals surface area contributed by atoms with Crippen molar-refractivity contribution in [1.29, 1.82) is 0 Å². The van der Waals surface area contributed by atoms with Crippen molar-refractivity contribution in [3.05, 3.63) is 24.0 Å². The first-order valence-electron chi connectivity index (χ1n) is 7.33. The summed E-state index contributed by atoms with van der Waals surface area (Å²) in [5.74, 6) is 0.175. The van der Waals surface area contributed by atoms with Crippen LogP contribution >= 0.6 is 0 Å². The molecule has 1 aliphatic rings. The summed E-state index contributed by atoms with van der Waals surface area (Å²) < 4.78 is 2.06. The highest BCUT2D eigenvalue weighted by atomic mass is 16.2. The maximum Gasteiger partial charge on any atom is 0.270 e. The summed E-state index contributed by atoms with van der Waals surface area (Å²) >= 11 is 0. The third-order valence-corrected chi connectivity index (χ3v) is 3.75. The molecular weight excluding hydrogens is 238 g/mol. The summed E-state index contributed by atoms with van der Waals surface area (Å²) in [6.45, 7) is 9.13. The molecular formula is C15H25N3O. The smallest absolute Gasteiger partial charge is 0.270 e. The summed E-state index contributed by atoms with van der Waals surface area (Å²) in [5, 5.41) is 3.35. The molecule has 1 aromatic heterocycles. The third kappa shape index (κ3) is 3.00. The van der Waals surface area contributed by atoms with E-state index < -0.39 is 0 Å². The van der Waals surface area contributed by atoms with E-state index in [-0.39, 0.29) is 5.91 Å². The van der Waals surface area contributed by atoms with Crippen LogP contribution in [0.25, 0.3) is 0 Å². The molecule has 2 heterocycles. The number of carbonyl (C=O) groups is 1. The van der Waals surface area contributed by atoms with Crippen molar-refractivity contribution < 1.29 is 4.79 Å². The van der Waals surface area contributed by atoms with Crippen LogP contribution in [0.4, 0.5) is 0 Å². The second kappa shape index (κ2) is 6.24. The summed E-state index contributed by atoms with van der Waals surface area (Å²) in [5.41, 5.74) is 0.815. The van der Waals surface area contributed by atoms with Gasteiger partial charge in [-0.05, 0) is 45.4 Å². The lowest BCUT2D eigenvalue weighted by molar-refractivity contribution is 0.0679. The van der Waals surface area contributed by atoms with Crippen molar-refractivity contribution in [2.45, 2.75) is 45.7 Å². The number of amides is 1. The Morgan fingerprint density at radius 1 is 1.58 bits per heavy atom. The molecule has 19 heavy (non-hydrogen) atoms. The van der Waals surface area contributed by atoms with Gasteiger partial charge >= 0.3 is 0 Å². The predicted molar refractivity (Wildman–Crippen MR) is 77.4 cm³/mol. The lowest BCUT2D eigenvalue weighted by Gasteiger charge is -2.29. The first-order valence-corrected chi connectivity index (χ1v) is 7.33. The van der Waals surface area contributed by atoms with Gasteiger partial charge < -0.3 is 14.8 Å². The first kappa shape index (κ1) is 14.1. The molecule has 1 aromatic rings. The van der Waals surface area contributed by atoms with E-state index in [2.05, 4.69) is 30.7 Å². The monoisotopic (exact) mass is 263 g/mol. The van der Waals surface area contributed by atoms with Crippen LogP contribution < -0.4 is 5.32 Å². The molecule has 0 bridgehead atoms. The highest BCUT2D eigenvalue weighted by molar-refractivity contribution is 5.93. The van der Waals surface area contributed by atoms with Crippen molar-refractivity contribution in [2.75, 3.05) is 19.6 Å². The van der Waals surface area contributed by atoms with Gasteiger partial charge in [0.15, 0.2) is 0 Å². The third-order valence-electron chi connectivity index (χ3n) is 3.75. The molecule has 0 spiro atoms. The van der Waals surface area contributed by atoms with Crippen LogP contribution in [0.5, 0.6) is 0 Å². The fourth-order valence-corrected chi connectivity index (χ4v) is 2.77. The zero-order valence-electron chi connectivity index (χ0n) is 12.2. The Labute approximate surface area is 115 Å². The maximum absolute atomic E-state index is 12.8. The van der Waals surface area contributed by atoms with Crippen LogP contribution in [-0.4, -0.2) is 41.1 Å². The predicted octanol–water partition coefficient (Wildman–Crippen LogP) is 2.28. The van der Waals surface area contributed by atoms with Crippen LogP contribution in [0.1, 0.15) is 50.1 Å². The minimum absolute atomic E-state index is 0.175. The van der Waals surface area contributed by atoms with E-state index in [0.29, 0.717) is 12.1 Å². The summed E-state index contributed by atoms with van der Waals surface area (Å²) in [6.07, 6.45) is 4.06. The molecule has 0 radical (unpaired) electrons. The van der Waals surface area contributed by atoms with Gasteiger partial charge in [-0.3, -0.25) is 4.79 Å². The van der Waals surface area contributed by atoms with E-state index in [1.54, 1.807) is 0 Å². The topological polar surface area (TPSA) is 37.3 Å². The summed E-state index contributed by atoms with van der Waals surface area (Å²) in [7, 11) is 0. The lowest BCUT2D eigenvalue weighted by Crippen LogP contribution is -2.42. The molecule has 0 aromatic carbocycles. The minimum Gasteiger partial charge on any atom is -0.341 e. The van der Waals surface area contributed by atoms with Crippen LogP contribution in [-0.2, 0) is 0 Å². The Hall–Kier alpha value is -1.29. The van der Waals surface area contributed by atoms with E-state index in [1.807, 2.05) is 23.2 Å². The molecule has 4 heteroatoms. The zero-order valence-corrected chi connectivity index (χ0v) is 12.2. The van der Waals surface area contributed by atoms with Gasteiger partial charge in [-0.2, -0.15) is 0 Å². The van der Waals surface area contributed by atoms with Gasteiger partial charge in [-0.15, -0.1) is 0 Å². The molecule has 106 valence electrons. The second-order valence-electron chi connectivity index (χ2n) is 5.54. The van der Waals surface area contributed by atoms with Crippen molar-refractivity contribution in [2.24, 2.45) is 0 Å². The number of nitrogens with zero attached hydrogens (tertiary/aromatic N) is 2. The normalized spacial score (nSPS) is 19.1. The van der Waals surface area contributed by atoms with Crippen LogP contribution in [0.3, 0.4) is 0 Å². The quantitative estimate of drug-likeness (QED) is 0.885. The average molecular weight is 263 g/mol. The number of carbonyl (C=O) groups excluding carboxylic acids is 1. The van der Waals surface area contributed by atoms with Gasteiger partial charge in [0, 0.05) is 31.4 Å². The van der Waals surface area contributed by atoms with E-state index in [4.69, 9.17) is 0 Å². The van der Waals surface area contributed by atoms with Crippen molar-refractivity contribution in [3.8, 4) is 0 Å². The molecule has 4 nitrogen and oxygen atoms in total. The number of nitrogens with one attached hydrogen (secondary N) is 1. The molecule has 1 atom stereocenters. The molecule has 1 aliphatic heterocycles. The Kier molecular flexibility index (Phi) is 4.64. The SMILES string of the molecule is CCCN(C(=O)c1cccn1C(C)C)C1CCNC1. The fourth-order valence-electron chi connectivity index (χ4n) is 2.77. The van der Waals surface area contributed by atoms with Crippen molar-refractivity contribution in [3.63, 3.8) is 0 Å². The summed E-state index contributed by atoms with van der Waals surface area (Å²) in [6, 6.07) is 4.57. The van der Waals surface area contributed by atoms with Gasteiger partial charge in [-0.1, -0.05) is 6.92 Å². The molecule has 1 unspecified atom stereocenters. The number of hydrogen-bond donors (Lipinski definition) is 1. The highest BCUT2D eigenvalue weighted by Crippen LogP contribution is 2.17.